The molecule has 14 nitrogen and oxygen atoms in total. The molecule has 4 aromatic heterocycles. The van der Waals surface area contributed by atoms with Gasteiger partial charge in [-0.25, -0.2) is 9.48 Å². The van der Waals surface area contributed by atoms with Crippen LogP contribution in [0.3, 0.4) is 0 Å². The van der Waals surface area contributed by atoms with Crippen LogP contribution in [-0.2, 0) is 24.4 Å². The Morgan fingerprint density at radius 3 is 2.51 bits per heavy atom. The number of ether oxygens (including phenoxy) is 4. The van der Waals surface area contributed by atoms with E-state index in [1.54, 1.807) is 50.2 Å². The van der Waals surface area contributed by atoms with E-state index in [-0.39, 0.29) is 42.9 Å². The first-order valence-corrected chi connectivity index (χ1v) is 16.5. The number of carbonyl (C=O) groups is 2. The second-order valence-corrected chi connectivity index (χ2v) is 11.6. The van der Waals surface area contributed by atoms with Gasteiger partial charge >= 0.3 is 5.97 Å². The van der Waals surface area contributed by atoms with Gasteiger partial charge in [0.2, 0.25) is 5.82 Å². The highest BCUT2D eigenvalue weighted by Gasteiger charge is 2.31. The Balaban J connectivity index is 1.44. The maximum absolute atomic E-state index is 13.8. The predicted octanol–water partition coefficient (Wildman–Crippen LogP) is 6.00. The van der Waals surface area contributed by atoms with Gasteiger partial charge in [0, 0.05) is 35.8 Å². The van der Waals surface area contributed by atoms with E-state index in [0.717, 1.165) is 17.5 Å². The molecule has 0 bridgehead atoms. The van der Waals surface area contributed by atoms with E-state index in [9.17, 15) is 9.59 Å². The zero-order valence-electron chi connectivity index (χ0n) is 29.4. The Hall–Kier alpha value is -6.18. The molecule has 4 heterocycles. The summed E-state index contributed by atoms with van der Waals surface area (Å²) in [6, 6.07) is 16.8. The molecule has 0 saturated heterocycles. The van der Waals surface area contributed by atoms with Crippen LogP contribution in [0.5, 0.6) is 17.2 Å². The Bertz CT molecular complexity index is 2190. The van der Waals surface area contributed by atoms with Crippen LogP contribution in [0.15, 0.2) is 65.2 Å². The molecule has 0 saturated carbocycles. The van der Waals surface area contributed by atoms with Crippen molar-refractivity contribution in [3.63, 3.8) is 0 Å². The summed E-state index contributed by atoms with van der Waals surface area (Å²) in [5.41, 5.74) is 3.98. The molecule has 264 valence electrons. The van der Waals surface area contributed by atoms with Gasteiger partial charge in [0.1, 0.15) is 23.8 Å². The fourth-order valence-corrected chi connectivity index (χ4v) is 5.64. The normalized spacial score (nSPS) is 11.1. The number of nitrogens with one attached hydrogen (secondary N) is 1. The standard InChI is InChI=1S/C37H39N7O7/c1-7-16-43-31(32(23(4)41-43)50-21-24-12-10-9-11-13-24)36-40-34(33(51-36)37(46)49-8-2)44-28-20-38-22(3)17-27(28)30(42-44)35(45)39-19-25-14-15-26(47-5)18-29(25)48-6/h9-15,17-18,20H,7-8,16,19,21H2,1-6H3,(H,39,45). The molecule has 0 aliphatic heterocycles. The van der Waals surface area contributed by atoms with E-state index < -0.39 is 11.9 Å². The Kier molecular flexibility index (Phi) is 10.3. The number of esters is 1. The maximum Gasteiger partial charge on any atom is 0.378 e. The lowest BCUT2D eigenvalue weighted by Crippen LogP contribution is -2.24. The molecule has 0 aliphatic carbocycles. The topological polar surface area (TPSA) is 158 Å². The van der Waals surface area contributed by atoms with Crippen molar-refractivity contribution in [1.29, 1.82) is 0 Å². The van der Waals surface area contributed by atoms with Crippen LogP contribution in [0.4, 0.5) is 0 Å². The minimum atomic E-state index is -0.752. The zero-order chi connectivity index (χ0) is 36.1. The first kappa shape index (κ1) is 34.7. The number of carbonyl (C=O) groups excluding carboxylic acids is 2. The van der Waals surface area contributed by atoms with Gasteiger partial charge in [-0.05, 0) is 51.0 Å². The molecule has 0 radical (unpaired) electrons. The van der Waals surface area contributed by atoms with Crippen LogP contribution in [-0.4, -0.2) is 62.2 Å². The third-order valence-electron chi connectivity index (χ3n) is 8.06. The van der Waals surface area contributed by atoms with Gasteiger partial charge in [-0.15, -0.1) is 0 Å². The molecule has 14 heteroatoms. The second kappa shape index (κ2) is 15.2. The summed E-state index contributed by atoms with van der Waals surface area (Å²) in [6.07, 6.45) is 2.34. The van der Waals surface area contributed by atoms with Crippen molar-refractivity contribution in [3.05, 3.63) is 94.8 Å². The molecule has 6 rings (SSSR count). The molecule has 0 unspecified atom stereocenters. The number of hydrogen-bond acceptors (Lipinski definition) is 11. The van der Waals surface area contributed by atoms with Crippen molar-refractivity contribution in [3.8, 4) is 34.7 Å². The van der Waals surface area contributed by atoms with Crippen molar-refractivity contribution in [2.45, 2.75) is 53.8 Å². The number of hydrogen-bond donors (Lipinski definition) is 1. The molecule has 0 aliphatic rings. The number of aryl methyl sites for hydroxylation is 3. The number of aromatic nitrogens is 6. The Labute approximate surface area is 294 Å². The zero-order valence-corrected chi connectivity index (χ0v) is 29.4. The lowest BCUT2D eigenvalue weighted by Gasteiger charge is -2.11. The number of rotatable bonds is 14. The van der Waals surface area contributed by atoms with E-state index in [1.165, 1.54) is 4.68 Å². The molecular weight excluding hydrogens is 654 g/mol. The van der Waals surface area contributed by atoms with Crippen molar-refractivity contribution in [2.24, 2.45) is 0 Å². The van der Waals surface area contributed by atoms with Gasteiger partial charge in [-0.1, -0.05) is 37.3 Å². The van der Waals surface area contributed by atoms with Crippen molar-refractivity contribution < 1.29 is 33.0 Å². The predicted molar refractivity (Wildman–Crippen MR) is 187 cm³/mol. The monoisotopic (exact) mass is 693 g/mol. The number of methoxy groups -OCH3 is 2. The average molecular weight is 694 g/mol. The van der Waals surface area contributed by atoms with Gasteiger partial charge in [-0.3, -0.25) is 14.5 Å². The fraction of sp³-hybridized carbons (Fsp3) is 0.297. The molecule has 2 aromatic carbocycles. The van der Waals surface area contributed by atoms with Crippen LogP contribution < -0.4 is 19.5 Å². The lowest BCUT2D eigenvalue weighted by molar-refractivity contribution is 0.0490. The second-order valence-electron chi connectivity index (χ2n) is 11.6. The molecule has 0 atom stereocenters. The summed E-state index contributed by atoms with van der Waals surface area (Å²) in [7, 11) is 3.12. The van der Waals surface area contributed by atoms with Crippen LogP contribution in [0, 0.1) is 13.8 Å². The minimum absolute atomic E-state index is 0.0193. The van der Waals surface area contributed by atoms with Crippen molar-refractivity contribution in [1.82, 2.24) is 34.8 Å². The van der Waals surface area contributed by atoms with E-state index in [1.807, 2.05) is 57.2 Å². The smallest absolute Gasteiger partial charge is 0.378 e. The Morgan fingerprint density at radius 1 is 0.980 bits per heavy atom. The van der Waals surface area contributed by atoms with E-state index in [2.05, 4.69) is 15.4 Å². The third-order valence-corrected chi connectivity index (χ3v) is 8.06. The molecule has 0 fully saturated rings. The van der Waals surface area contributed by atoms with Gasteiger partial charge in [-0.2, -0.15) is 15.2 Å². The molecule has 0 spiro atoms. The Morgan fingerprint density at radius 2 is 1.78 bits per heavy atom. The fourth-order valence-electron chi connectivity index (χ4n) is 5.64. The number of fused-ring (bicyclic) bond motifs is 1. The first-order chi connectivity index (χ1) is 24.8. The summed E-state index contributed by atoms with van der Waals surface area (Å²) in [5.74, 6) is 0.326. The summed E-state index contributed by atoms with van der Waals surface area (Å²) in [4.78, 5) is 36.5. The van der Waals surface area contributed by atoms with E-state index in [0.29, 0.717) is 51.8 Å². The van der Waals surface area contributed by atoms with E-state index >= 15 is 0 Å². The largest absolute Gasteiger partial charge is 0.497 e. The number of nitrogens with zero attached hydrogens (tertiary/aromatic N) is 6. The summed E-state index contributed by atoms with van der Waals surface area (Å²) in [6.45, 7) is 8.43. The van der Waals surface area contributed by atoms with Gasteiger partial charge in [0.25, 0.3) is 17.6 Å². The molecule has 1 N–H and O–H groups in total. The van der Waals surface area contributed by atoms with Crippen LogP contribution in [0.25, 0.3) is 28.3 Å². The first-order valence-electron chi connectivity index (χ1n) is 16.5. The maximum atomic E-state index is 13.8. The van der Waals surface area contributed by atoms with E-state index in [4.69, 9.17) is 33.4 Å². The summed E-state index contributed by atoms with van der Waals surface area (Å²) >= 11 is 0. The highest BCUT2D eigenvalue weighted by atomic mass is 16.5. The number of benzene rings is 2. The summed E-state index contributed by atoms with van der Waals surface area (Å²) in [5, 5.41) is 12.8. The van der Waals surface area contributed by atoms with Crippen LogP contribution in [0.2, 0.25) is 0 Å². The number of oxazole rings is 1. The molecule has 6 aromatic rings. The molecule has 1 amide bonds. The van der Waals surface area contributed by atoms with Crippen molar-refractivity contribution in [2.75, 3.05) is 20.8 Å². The van der Waals surface area contributed by atoms with Crippen LogP contribution in [0.1, 0.15) is 63.8 Å². The van der Waals surface area contributed by atoms with Gasteiger partial charge < -0.3 is 28.7 Å². The quantitative estimate of drug-likeness (QED) is 0.133. The van der Waals surface area contributed by atoms with Crippen LogP contribution >= 0.6 is 0 Å². The molecule has 51 heavy (non-hydrogen) atoms. The van der Waals surface area contributed by atoms with Crippen molar-refractivity contribution >= 4 is 22.8 Å². The van der Waals surface area contributed by atoms with Gasteiger partial charge in [0.15, 0.2) is 17.1 Å². The SMILES string of the molecule is CCCn1nc(C)c(OCc2ccccc2)c1-c1nc(-n2nc(C(=O)NCc3ccc(OC)cc3OC)c3cc(C)ncc32)c(C(=O)OCC)o1. The third kappa shape index (κ3) is 7.11. The highest BCUT2D eigenvalue weighted by Crippen LogP contribution is 2.36. The summed E-state index contributed by atoms with van der Waals surface area (Å²) < 4.78 is 31.8. The minimum Gasteiger partial charge on any atom is -0.497 e. The highest BCUT2D eigenvalue weighted by molar-refractivity contribution is 6.05. The average Bonchev–Trinajstić information content (AvgIpc) is 3.83. The molecular formula is C37H39N7O7. The number of pyridine rings is 1. The number of amides is 1. The van der Waals surface area contributed by atoms with Gasteiger partial charge in [0.05, 0.1) is 32.5 Å². The lowest BCUT2D eigenvalue weighted by atomic mass is 10.1.